The summed E-state index contributed by atoms with van der Waals surface area (Å²) >= 11 is 0. The Labute approximate surface area is 528 Å². The lowest BCUT2D eigenvalue weighted by Crippen LogP contribution is -3.00. The number of para-hydroxylation sites is 2. The zero-order valence-corrected chi connectivity index (χ0v) is 53.6. The van der Waals surface area contributed by atoms with Crippen molar-refractivity contribution in [2.45, 2.75) is 167 Å². The Morgan fingerprint density at radius 1 is 0.360 bits per heavy atom. The second-order valence-corrected chi connectivity index (χ2v) is 23.7. The van der Waals surface area contributed by atoms with Crippen molar-refractivity contribution in [1.82, 2.24) is 9.13 Å². The van der Waals surface area contributed by atoms with Crippen molar-refractivity contribution in [3.63, 3.8) is 0 Å². The highest BCUT2D eigenvalue weighted by atomic mass is 79.9. The molecule has 12 nitrogen and oxygen atoms in total. The molecule has 8 aromatic rings. The smallest absolute Gasteiger partial charge is 0.249 e. The number of imidazole rings is 2. The first-order valence-corrected chi connectivity index (χ1v) is 31.5. The van der Waals surface area contributed by atoms with E-state index < -0.39 is 0 Å². The zero-order valence-electron chi connectivity index (χ0n) is 50.4. The average molecular weight is 1290 g/mol. The Balaban J connectivity index is 0.00000384. The number of hydrogen-bond acceptors (Lipinski definition) is 8. The van der Waals surface area contributed by atoms with Crippen molar-refractivity contribution in [3.8, 4) is 57.4 Å². The molecule has 6 heterocycles. The Morgan fingerprint density at radius 3 is 0.988 bits per heavy atom. The van der Waals surface area contributed by atoms with Gasteiger partial charge in [0.25, 0.3) is 0 Å². The SMILES string of the molecule is CCCCCC1c2cc3c4cc2OCOc2cc5c(cc21)C(CCCCC)c1cc2c(c(C[n+]6ccn(-c7ccccc7)c6)c1OCO5)OCOc1c(cc(c(c1C[n+]1ccn(-c5ccccc5)c1)OCO4)C3CCCCC)C2CCCCC.[Br-].[Br-]. The molecule has 6 aromatic carbocycles. The molecular weight excluding hydrogens is 1210 g/mol. The molecule has 4 aliphatic heterocycles. The molecule has 0 N–H and O–H groups in total. The van der Waals surface area contributed by atoms with E-state index in [1.54, 1.807) is 0 Å². The second-order valence-electron chi connectivity index (χ2n) is 23.7. The Kier molecular flexibility index (Phi) is 19.7. The highest BCUT2D eigenvalue weighted by molar-refractivity contribution is 5.67. The van der Waals surface area contributed by atoms with Crippen molar-refractivity contribution < 1.29 is 81.0 Å². The van der Waals surface area contributed by atoms with Gasteiger partial charge in [0.2, 0.25) is 39.8 Å². The molecular formula is C72H82Br2N4O8. The van der Waals surface area contributed by atoms with E-state index >= 15 is 0 Å². The topological polar surface area (TPSA) is 91.5 Å². The zero-order chi connectivity index (χ0) is 56.9. The summed E-state index contributed by atoms with van der Waals surface area (Å²) in [6, 6.07) is 35.3. The van der Waals surface area contributed by atoms with Crippen LogP contribution in [0.5, 0.6) is 46.0 Å². The third-order valence-corrected chi connectivity index (χ3v) is 18.3. The van der Waals surface area contributed by atoms with Crippen LogP contribution in [-0.4, -0.2) is 36.3 Å². The summed E-state index contributed by atoms with van der Waals surface area (Å²) in [5, 5.41) is 0. The normalized spacial score (nSPS) is 17.3. The van der Waals surface area contributed by atoms with Crippen LogP contribution in [-0.2, 0) is 13.1 Å². The van der Waals surface area contributed by atoms with E-state index in [4.69, 9.17) is 37.9 Å². The van der Waals surface area contributed by atoms with Gasteiger partial charge in [-0.15, -0.1) is 0 Å². The largest absolute Gasteiger partial charge is 1.00 e. The molecule has 452 valence electrons. The van der Waals surface area contributed by atoms with Gasteiger partial charge in [-0.2, -0.15) is 0 Å². The molecule has 13 rings (SSSR count). The number of unbranched alkanes of at least 4 members (excludes halogenated alkanes) is 8. The van der Waals surface area contributed by atoms with Crippen molar-refractivity contribution in [1.29, 1.82) is 0 Å². The first-order valence-electron chi connectivity index (χ1n) is 31.5. The minimum absolute atomic E-state index is 0. The minimum atomic E-state index is -0.137. The van der Waals surface area contributed by atoms with Crippen LogP contribution in [0.25, 0.3) is 11.4 Å². The molecule has 5 aliphatic rings. The van der Waals surface area contributed by atoms with Crippen molar-refractivity contribution in [2.75, 3.05) is 27.2 Å². The van der Waals surface area contributed by atoms with Gasteiger partial charge in [0, 0.05) is 80.3 Å². The van der Waals surface area contributed by atoms with Crippen LogP contribution in [0.15, 0.2) is 135 Å². The fourth-order valence-electron chi connectivity index (χ4n) is 14.0. The summed E-state index contributed by atoms with van der Waals surface area (Å²) in [5.74, 6) is 6.04. The predicted octanol–water partition coefficient (Wildman–Crippen LogP) is 10.0. The number of aromatic nitrogens is 4. The highest BCUT2D eigenvalue weighted by Crippen LogP contribution is 2.57. The quantitative estimate of drug-likeness (QED) is 0.0490. The van der Waals surface area contributed by atoms with Gasteiger partial charge in [0.1, 0.15) is 95.2 Å². The van der Waals surface area contributed by atoms with Crippen LogP contribution < -0.4 is 81.0 Å². The van der Waals surface area contributed by atoms with E-state index in [2.05, 4.69) is 180 Å². The lowest BCUT2D eigenvalue weighted by atomic mass is 9.75. The number of halogens is 2. The van der Waals surface area contributed by atoms with Gasteiger partial charge in [-0.1, -0.05) is 141 Å². The standard InChI is InChI=1S/C72H82N4O8.2BrH/c1-5-9-15-27-51-55-35-57-52(28-16-10-6-2)59-37-61-54(30-18-12-8-4)62-38-60-53(29-17-11-7-3)58-36-56(51)66-40-68(58)80-47-82-70(60)64(42-74-32-34-76(44-74)50-25-21-14-22-26-50)72(62)84-48-83-71(61)63(41-73-31-33-75(43-73)49-23-19-13-20-24-49)69(59)81-46-79-67(57)39-65(55)77-45-78-66;;/h13-14,19-26,31-40,43-44,51-54H,5-12,15-18,27-30,41-42,45-48H2,1-4H3;2*1H/q+2;;/p-2. The molecule has 2 atom stereocenters. The summed E-state index contributed by atoms with van der Waals surface area (Å²) in [5.41, 5.74) is 13.5. The van der Waals surface area contributed by atoms with Gasteiger partial charge in [-0.05, 0) is 74.2 Å². The molecule has 0 amide bonds. The summed E-state index contributed by atoms with van der Waals surface area (Å²) < 4.78 is 65.3. The van der Waals surface area contributed by atoms with Gasteiger partial charge in [-0.25, -0.2) is 18.3 Å². The van der Waals surface area contributed by atoms with E-state index in [1.165, 1.54) is 33.4 Å². The minimum Gasteiger partial charge on any atom is -1.00 e. The van der Waals surface area contributed by atoms with Gasteiger partial charge in [0.05, 0.1) is 11.1 Å². The average Bonchev–Trinajstić information content (AvgIpc) is 1.63. The Hall–Kier alpha value is -6.90. The van der Waals surface area contributed by atoms with Crippen LogP contribution in [0.2, 0.25) is 0 Å². The fourth-order valence-corrected chi connectivity index (χ4v) is 14.0. The van der Waals surface area contributed by atoms with Gasteiger partial charge in [0.15, 0.2) is 0 Å². The third-order valence-electron chi connectivity index (χ3n) is 18.3. The van der Waals surface area contributed by atoms with Crippen LogP contribution in [0.1, 0.15) is 210 Å². The summed E-state index contributed by atoms with van der Waals surface area (Å²) in [7, 11) is 0. The van der Waals surface area contributed by atoms with Crippen LogP contribution in [0.4, 0.5) is 0 Å². The Bertz CT molecular complexity index is 3380. The van der Waals surface area contributed by atoms with Crippen LogP contribution >= 0.6 is 0 Å². The molecule has 0 radical (unpaired) electrons. The summed E-state index contributed by atoms with van der Waals surface area (Å²) in [4.78, 5) is 0. The molecule has 0 saturated heterocycles. The van der Waals surface area contributed by atoms with Gasteiger partial charge >= 0.3 is 0 Å². The van der Waals surface area contributed by atoms with Gasteiger partial charge < -0.3 is 71.9 Å². The van der Waals surface area contributed by atoms with Gasteiger partial charge in [-0.3, -0.25) is 0 Å². The lowest BCUT2D eigenvalue weighted by Gasteiger charge is -2.36. The van der Waals surface area contributed by atoms with E-state index in [-0.39, 0.29) is 84.8 Å². The van der Waals surface area contributed by atoms with Crippen LogP contribution in [0.3, 0.4) is 0 Å². The van der Waals surface area contributed by atoms with E-state index in [1.807, 2.05) is 0 Å². The molecule has 2 unspecified atom stereocenters. The molecule has 0 spiro atoms. The molecule has 0 saturated carbocycles. The van der Waals surface area contributed by atoms with Crippen molar-refractivity contribution >= 4 is 0 Å². The van der Waals surface area contributed by atoms with Crippen molar-refractivity contribution in [2.24, 2.45) is 0 Å². The summed E-state index contributed by atoms with van der Waals surface area (Å²) in [6.07, 6.45) is 29.4. The molecule has 2 aromatic heterocycles. The van der Waals surface area contributed by atoms with Crippen LogP contribution in [0, 0.1) is 0 Å². The monoisotopic (exact) mass is 1290 g/mol. The predicted molar refractivity (Wildman–Crippen MR) is 324 cm³/mol. The molecule has 1 aliphatic carbocycles. The van der Waals surface area contributed by atoms with E-state index in [0.29, 0.717) is 13.1 Å². The van der Waals surface area contributed by atoms with Crippen molar-refractivity contribution in [3.05, 3.63) is 190 Å². The van der Waals surface area contributed by atoms with E-state index in [9.17, 15) is 0 Å². The Morgan fingerprint density at radius 2 is 0.651 bits per heavy atom. The maximum atomic E-state index is 7.31. The number of hydrogen-bond donors (Lipinski definition) is 0. The number of benzene rings is 6. The number of nitrogens with zero attached hydrogens (tertiary/aromatic N) is 4. The number of ether oxygens (including phenoxy) is 8. The first kappa shape index (κ1) is 60.8. The lowest BCUT2D eigenvalue weighted by molar-refractivity contribution is -0.687. The second kappa shape index (κ2) is 27.9. The maximum absolute atomic E-state index is 7.31. The number of rotatable bonds is 22. The molecule has 0 fully saturated rings. The summed E-state index contributed by atoms with van der Waals surface area (Å²) in [6.45, 7) is 10.2. The first-order chi connectivity index (χ1) is 41.5. The highest BCUT2D eigenvalue weighted by Gasteiger charge is 2.40. The third kappa shape index (κ3) is 12.2. The molecule has 14 heteroatoms. The molecule has 86 heavy (non-hydrogen) atoms. The maximum Gasteiger partial charge on any atom is 0.249 e. The fraction of sp³-hybridized carbons (Fsp3) is 0.417. The molecule has 8 bridgehead atoms. The van der Waals surface area contributed by atoms with E-state index in [0.717, 1.165) is 182 Å².